The van der Waals surface area contributed by atoms with Crippen molar-refractivity contribution in [1.82, 2.24) is 9.97 Å². The van der Waals surface area contributed by atoms with Crippen molar-refractivity contribution in [2.75, 3.05) is 30.3 Å². The van der Waals surface area contributed by atoms with Gasteiger partial charge in [0, 0.05) is 13.1 Å². The Labute approximate surface area is 89.3 Å². The van der Waals surface area contributed by atoms with Crippen LogP contribution in [0.5, 0.6) is 0 Å². The molecule has 2 N–H and O–H groups in total. The highest BCUT2D eigenvalue weighted by atomic mass is 16.5. The normalized spacial score (nSPS) is 21.7. The second-order valence-electron chi connectivity index (χ2n) is 3.65. The average Bonchev–Trinajstić information content (AvgIpc) is 2.29. The van der Waals surface area contributed by atoms with E-state index in [1.165, 1.54) is 0 Å². The monoisotopic (exact) mass is 208 g/mol. The molecule has 1 saturated heterocycles. The van der Waals surface area contributed by atoms with E-state index in [0.717, 1.165) is 31.9 Å². The van der Waals surface area contributed by atoms with Crippen molar-refractivity contribution >= 4 is 11.6 Å². The van der Waals surface area contributed by atoms with E-state index in [9.17, 15) is 0 Å². The SMILES string of the molecule is CCC1CN(c2cncc(N)n2)CCO1. The Morgan fingerprint density at radius 1 is 1.60 bits per heavy atom. The van der Waals surface area contributed by atoms with Crippen LogP contribution in [-0.2, 0) is 4.74 Å². The molecule has 1 aliphatic rings. The second kappa shape index (κ2) is 4.44. The van der Waals surface area contributed by atoms with E-state index in [1.54, 1.807) is 12.4 Å². The van der Waals surface area contributed by atoms with Crippen LogP contribution in [0.25, 0.3) is 0 Å². The maximum Gasteiger partial charge on any atom is 0.149 e. The number of anilines is 2. The summed E-state index contributed by atoms with van der Waals surface area (Å²) in [5.41, 5.74) is 5.60. The standard InChI is InChI=1S/C10H16N4O/c1-2-8-7-14(3-4-15-8)10-6-12-5-9(11)13-10/h5-6,8H,2-4,7H2,1H3,(H2,11,13). The van der Waals surface area contributed by atoms with Gasteiger partial charge in [0.15, 0.2) is 0 Å². The molecule has 0 aliphatic carbocycles. The third-order valence-corrected chi connectivity index (χ3v) is 2.56. The van der Waals surface area contributed by atoms with E-state index in [1.807, 2.05) is 0 Å². The van der Waals surface area contributed by atoms with Crippen molar-refractivity contribution in [2.45, 2.75) is 19.4 Å². The molecule has 1 unspecified atom stereocenters. The van der Waals surface area contributed by atoms with Gasteiger partial charge < -0.3 is 15.4 Å². The van der Waals surface area contributed by atoms with Crippen LogP contribution in [0.1, 0.15) is 13.3 Å². The maximum atomic E-state index is 5.60. The lowest BCUT2D eigenvalue weighted by Gasteiger charge is -2.33. The highest BCUT2D eigenvalue weighted by Gasteiger charge is 2.20. The van der Waals surface area contributed by atoms with E-state index in [4.69, 9.17) is 10.5 Å². The van der Waals surface area contributed by atoms with Gasteiger partial charge in [-0.3, -0.25) is 4.98 Å². The van der Waals surface area contributed by atoms with E-state index < -0.39 is 0 Å². The minimum Gasteiger partial charge on any atom is -0.382 e. The Bertz CT molecular complexity index is 331. The lowest BCUT2D eigenvalue weighted by Crippen LogP contribution is -2.42. The minimum atomic E-state index is 0.294. The molecule has 1 fully saturated rings. The van der Waals surface area contributed by atoms with Crippen LogP contribution >= 0.6 is 0 Å². The van der Waals surface area contributed by atoms with Crippen LogP contribution in [0.2, 0.25) is 0 Å². The number of nitrogen functional groups attached to an aromatic ring is 1. The quantitative estimate of drug-likeness (QED) is 0.774. The molecule has 1 aromatic rings. The first-order valence-electron chi connectivity index (χ1n) is 5.23. The molecule has 1 atom stereocenters. The van der Waals surface area contributed by atoms with Gasteiger partial charge in [-0.25, -0.2) is 4.98 Å². The Hall–Kier alpha value is -1.36. The molecule has 2 heterocycles. The molecular formula is C10H16N4O. The van der Waals surface area contributed by atoms with Crippen LogP contribution < -0.4 is 10.6 Å². The second-order valence-corrected chi connectivity index (χ2v) is 3.65. The number of ether oxygens (including phenoxy) is 1. The molecule has 1 aliphatic heterocycles. The first kappa shape index (κ1) is 10.2. The first-order chi connectivity index (χ1) is 7.29. The topological polar surface area (TPSA) is 64.3 Å². The molecule has 0 spiro atoms. The number of hydrogen-bond acceptors (Lipinski definition) is 5. The fourth-order valence-electron chi connectivity index (χ4n) is 1.70. The van der Waals surface area contributed by atoms with Crippen molar-refractivity contribution in [3.05, 3.63) is 12.4 Å². The number of rotatable bonds is 2. The van der Waals surface area contributed by atoms with Gasteiger partial charge in [-0.1, -0.05) is 6.92 Å². The minimum absolute atomic E-state index is 0.294. The van der Waals surface area contributed by atoms with Crippen LogP contribution in [0.4, 0.5) is 11.6 Å². The number of hydrogen-bond donors (Lipinski definition) is 1. The van der Waals surface area contributed by atoms with Gasteiger partial charge >= 0.3 is 0 Å². The zero-order chi connectivity index (χ0) is 10.7. The van der Waals surface area contributed by atoms with E-state index in [0.29, 0.717) is 11.9 Å². The summed E-state index contributed by atoms with van der Waals surface area (Å²) < 4.78 is 5.59. The Morgan fingerprint density at radius 2 is 2.47 bits per heavy atom. The van der Waals surface area contributed by atoms with Gasteiger partial charge in [0.1, 0.15) is 11.6 Å². The highest BCUT2D eigenvalue weighted by Crippen LogP contribution is 2.16. The number of morpholine rings is 1. The Kier molecular flexibility index (Phi) is 3.01. The third kappa shape index (κ3) is 2.36. The summed E-state index contributed by atoms with van der Waals surface area (Å²) in [7, 11) is 0. The molecule has 5 heteroatoms. The molecule has 0 aromatic carbocycles. The molecule has 5 nitrogen and oxygen atoms in total. The summed E-state index contributed by atoms with van der Waals surface area (Å²) in [5, 5.41) is 0. The van der Waals surface area contributed by atoms with Crippen molar-refractivity contribution in [3.63, 3.8) is 0 Å². The number of nitrogens with zero attached hydrogens (tertiary/aromatic N) is 3. The number of aromatic nitrogens is 2. The lowest BCUT2D eigenvalue weighted by atomic mass is 10.2. The summed E-state index contributed by atoms with van der Waals surface area (Å²) in [6.07, 6.45) is 4.61. The van der Waals surface area contributed by atoms with Crippen molar-refractivity contribution in [1.29, 1.82) is 0 Å². The fraction of sp³-hybridized carbons (Fsp3) is 0.600. The molecule has 2 rings (SSSR count). The summed E-state index contributed by atoms with van der Waals surface area (Å²) in [4.78, 5) is 10.5. The molecule has 15 heavy (non-hydrogen) atoms. The van der Waals surface area contributed by atoms with Gasteiger partial charge in [-0.15, -0.1) is 0 Å². The smallest absolute Gasteiger partial charge is 0.149 e. The predicted molar refractivity (Wildman–Crippen MR) is 58.7 cm³/mol. The first-order valence-corrected chi connectivity index (χ1v) is 5.23. The molecule has 0 radical (unpaired) electrons. The molecule has 0 bridgehead atoms. The Morgan fingerprint density at radius 3 is 3.20 bits per heavy atom. The van der Waals surface area contributed by atoms with Crippen LogP contribution in [0.15, 0.2) is 12.4 Å². The summed E-state index contributed by atoms with van der Waals surface area (Å²) in [6.45, 7) is 4.59. The van der Waals surface area contributed by atoms with Crippen molar-refractivity contribution in [3.8, 4) is 0 Å². The lowest BCUT2D eigenvalue weighted by molar-refractivity contribution is 0.0381. The number of nitrogens with two attached hydrogens (primary N) is 1. The average molecular weight is 208 g/mol. The zero-order valence-electron chi connectivity index (χ0n) is 8.89. The summed E-state index contributed by atoms with van der Waals surface area (Å²) in [5.74, 6) is 1.31. The molecule has 0 amide bonds. The molecular weight excluding hydrogens is 192 g/mol. The van der Waals surface area contributed by atoms with Gasteiger partial charge in [0.05, 0.1) is 25.1 Å². The largest absolute Gasteiger partial charge is 0.382 e. The summed E-state index contributed by atoms with van der Waals surface area (Å²) >= 11 is 0. The van der Waals surface area contributed by atoms with Crippen LogP contribution in [-0.4, -0.2) is 35.8 Å². The summed E-state index contributed by atoms with van der Waals surface area (Å²) in [6, 6.07) is 0. The highest BCUT2D eigenvalue weighted by molar-refractivity contribution is 5.41. The van der Waals surface area contributed by atoms with Gasteiger partial charge in [-0.05, 0) is 6.42 Å². The molecule has 1 aromatic heterocycles. The maximum absolute atomic E-state index is 5.60. The van der Waals surface area contributed by atoms with Crippen LogP contribution in [0, 0.1) is 0 Å². The fourth-order valence-corrected chi connectivity index (χ4v) is 1.70. The van der Waals surface area contributed by atoms with Crippen LogP contribution in [0.3, 0.4) is 0 Å². The third-order valence-electron chi connectivity index (χ3n) is 2.56. The van der Waals surface area contributed by atoms with E-state index in [2.05, 4.69) is 21.8 Å². The molecule has 82 valence electrons. The molecule has 0 saturated carbocycles. The van der Waals surface area contributed by atoms with E-state index in [-0.39, 0.29) is 0 Å². The van der Waals surface area contributed by atoms with Crippen molar-refractivity contribution < 1.29 is 4.74 Å². The predicted octanol–water partition coefficient (Wildman–Crippen LogP) is 0.674. The Balaban J connectivity index is 2.09. The van der Waals surface area contributed by atoms with Gasteiger partial charge in [0.25, 0.3) is 0 Å². The zero-order valence-corrected chi connectivity index (χ0v) is 8.89. The van der Waals surface area contributed by atoms with Gasteiger partial charge in [0.2, 0.25) is 0 Å². The van der Waals surface area contributed by atoms with Gasteiger partial charge in [-0.2, -0.15) is 0 Å². The van der Waals surface area contributed by atoms with Crippen molar-refractivity contribution in [2.24, 2.45) is 0 Å². The van der Waals surface area contributed by atoms with E-state index >= 15 is 0 Å².